The van der Waals surface area contributed by atoms with E-state index in [0.717, 1.165) is 16.8 Å². The molecule has 0 spiro atoms. The monoisotopic (exact) mass is 350 g/mol. The number of rotatable bonds is 7. The van der Waals surface area contributed by atoms with Crippen molar-refractivity contribution in [3.05, 3.63) is 64.8 Å². The number of para-hydroxylation sites is 1. The molecule has 4 heteroatoms. The average Bonchev–Trinajstić information content (AvgIpc) is 2.92. The Morgan fingerprint density at radius 1 is 1.12 bits per heavy atom. The number of H-pyrrole nitrogens is 1. The zero-order valence-corrected chi connectivity index (χ0v) is 15.7. The highest BCUT2D eigenvalue weighted by atomic mass is 16.5. The molecule has 0 atom stereocenters. The molecule has 0 unspecified atom stereocenters. The predicted octanol–water partition coefficient (Wildman–Crippen LogP) is 4.57. The molecule has 1 amide bonds. The molecule has 1 aromatic heterocycles. The van der Waals surface area contributed by atoms with Gasteiger partial charge in [-0.2, -0.15) is 0 Å². The Bertz CT molecular complexity index is 897. The van der Waals surface area contributed by atoms with Crippen LogP contribution in [0.15, 0.2) is 42.5 Å². The minimum atomic E-state index is 0.0521. The third-order valence-electron chi connectivity index (χ3n) is 4.68. The van der Waals surface area contributed by atoms with Crippen LogP contribution in [0.3, 0.4) is 0 Å². The van der Waals surface area contributed by atoms with E-state index in [4.69, 9.17) is 4.74 Å². The summed E-state index contributed by atoms with van der Waals surface area (Å²) in [6, 6.07) is 14.0. The Labute approximate surface area is 154 Å². The molecule has 4 nitrogen and oxygen atoms in total. The maximum absolute atomic E-state index is 12.1. The van der Waals surface area contributed by atoms with Gasteiger partial charge in [0.1, 0.15) is 5.75 Å². The number of aryl methyl sites for hydroxylation is 3. The molecule has 3 rings (SSSR count). The van der Waals surface area contributed by atoms with Crippen molar-refractivity contribution >= 4 is 16.8 Å². The Hall–Kier alpha value is -2.75. The Kier molecular flexibility index (Phi) is 5.61. The van der Waals surface area contributed by atoms with Gasteiger partial charge in [-0.3, -0.25) is 4.79 Å². The average molecular weight is 350 g/mol. The lowest BCUT2D eigenvalue weighted by atomic mass is 10.0. The maximum Gasteiger partial charge on any atom is 0.220 e. The number of aromatic amines is 1. The molecule has 26 heavy (non-hydrogen) atoms. The number of hydrogen-bond acceptors (Lipinski definition) is 2. The summed E-state index contributed by atoms with van der Waals surface area (Å²) in [5.41, 5.74) is 5.91. The second-order valence-electron chi connectivity index (χ2n) is 6.76. The van der Waals surface area contributed by atoms with Gasteiger partial charge in [0, 0.05) is 24.0 Å². The van der Waals surface area contributed by atoms with Crippen LogP contribution in [0.4, 0.5) is 0 Å². The molecule has 0 saturated carbocycles. The van der Waals surface area contributed by atoms with Gasteiger partial charge in [0.25, 0.3) is 0 Å². The van der Waals surface area contributed by atoms with Crippen LogP contribution in [0.5, 0.6) is 5.75 Å². The largest absolute Gasteiger partial charge is 0.494 e. The maximum atomic E-state index is 12.1. The van der Waals surface area contributed by atoms with Gasteiger partial charge in [-0.05, 0) is 56.5 Å². The van der Waals surface area contributed by atoms with Crippen LogP contribution in [0.25, 0.3) is 10.9 Å². The molecule has 0 aliphatic heterocycles. The molecule has 0 saturated heterocycles. The number of hydrogen-bond donors (Lipinski definition) is 2. The molecule has 0 aliphatic carbocycles. The van der Waals surface area contributed by atoms with Crippen molar-refractivity contribution in [1.29, 1.82) is 0 Å². The lowest BCUT2D eigenvalue weighted by Crippen LogP contribution is -2.23. The van der Waals surface area contributed by atoms with Crippen LogP contribution >= 0.6 is 0 Å². The van der Waals surface area contributed by atoms with Crippen molar-refractivity contribution in [2.24, 2.45) is 0 Å². The van der Waals surface area contributed by atoms with Crippen LogP contribution in [-0.2, 0) is 11.3 Å². The number of benzene rings is 2. The minimum absolute atomic E-state index is 0.0521. The van der Waals surface area contributed by atoms with E-state index in [2.05, 4.69) is 43.2 Å². The van der Waals surface area contributed by atoms with Crippen LogP contribution in [0, 0.1) is 20.8 Å². The summed E-state index contributed by atoms with van der Waals surface area (Å²) < 4.78 is 5.62. The predicted molar refractivity (Wildman–Crippen MR) is 106 cm³/mol. The van der Waals surface area contributed by atoms with Gasteiger partial charge >= 0.3 is 0 Å². The first-order valence-corrected chi connectivity index (χ1v) is 9.07. The summed E-state index contributed by atoms with van der Waals surface area (Å²) >= 11 is 0. The van der Waals surface area contributed by atoms with Crippen molar-refractivity contribution in [2.75, 3.05) is 6.61 Å². The summed E-state index contributed by atoms with van der Waals surface area (Å²) in [6.07, 6.45) is 1.16. The van der Waals surface area contributed by atoms with Gasteiger partial charge < -0.3 is 15.0 Å². The molecule has 1 heterocycles. The van der Waals surface area contributed by atoms with E-state index >= 15 is 0 Å². The van der Waals surface area contributed by atoms with E-state index in [1.807, 2.05) is 30.3 Å². The molecule has 2 N–H and O–H groups in total. The Morgan fingerprint density at radius 2 is 1.88 bits per heavy atom. The van der Waals surface area contributed by atoms with E-state index in [1.165, 1.54) is 22.2 Å². The van der Waals surface area contributed by atoms with E-state index < -0.39 is 0 Å². The minimum Gasteiger partial charge on any atom is -0.494 e. The van der Waals surface area contributed by atoms with Gasteiger partial charge in [-0.1, -0.05) is 29.8 Å². The topological polar surface area (TPSA) is 54.1 Å². The van der Waals surface area contributed by atoms with E-state index in [0.29, 0.717) is 26.0 Å². The third kappa shape index (κ3) is 4.26. The molecule has 0 fully saturated rings. The van der Waals surface area contributed by atoms with Crippen LogP contribution in [-0.4, -0.2) is 17.5 Å². The molecule has 0 bridgehead atoms. The smallest absolute Gasteiger partial charge is 0.220 e. The molecule has 3 aromatic rings. The molecule has 0 radical (unpaired) electrons. The van der Waals surface area contributed by atoms with Gasteiger partial charge in [-0.25, -0.2) is 0 Å². The normalized spacial score (nSPS) is 10.9. The fraction of sp³-hybridized carbons (Fsp3) is 0.318. The van der Waals surface area contributed by atoms with Crippen LogP contribution < -0.4 is 10.1 Å². The first-order chi connectivity index (χ1) is 12.5. The summed E-state index contributed by atoms with van der Waals surface area (Å²) in [5.74, 6) is 0.892. The first kappa shape index (κ1) is 18.1. The number of carbonyl (C=O) groups excluding carboxylic acids is 1. The van der Waals surface area contributed by atoms with Gasteiger partial charge in [-0.15, -0.1) is 0 Å². The van der Waals surface area contributed by atoms with Gasteiger partial charge in [0.05, 0.1) is 12.1 Å². The summed E-state index contributed by atoms with van der Waals surface area (Å²) in [6.45, 7) is 7.38. The van der Waals surface area contributed by atoms with E-state index in [1.54, 1.807) is 0 Å². The zero-order valence-electron chi connectivity index (χ0n) is 15.7. The second kappa shape index (κ2) is 8.09. The summed E-state index contributed by atoms with van der Waals surface area (Å²) in [5, 5.41) is 4.27. The summed E-state index contributed by atoms with van der Waals surface area (Å²) in [4.78, 5) is 15.6. The highest BCUT2D eigenvalue weighted by Crippen LogP contribution is 2.26. The lowest BCUT2D eigenvalue weighted by Gasteiger charge is -2.09. The number of aromatic nitrogens is 1. The third-order valence-corrected chi connectivity index (χ3v) is 4.68. The number of carbonyl (C=O) groups is 1. The Balaban J connectivity index is 1.51. The van der Waals surface area contributed by atoms with Crippen molar-refractivity contribution in [3.63, 3.8) is 0 Å². The van der Waals surface area contributed by atoms with Gasteiger partial charge in [0.15, 0.2) is 0 Å². The van der Waals surface area contributed by atoms with Crippen molar-refractivity contribution in [1.82, 2.24) is 10.3 Å². The zero-order chi connectivity index (χ0) is 18.5. The first-order valence-electron chi connectivity index (χ1n) is 9.07. The standard InChI is InChI=1S/C22H26N2O2/c1-15-12-18(22-20(13-15)16(2)17(3)24-22)14-23-21(25)10-7-11-26-19-8-5-4-6-9-19/h4-6,8-9,12-13,24H,7,10-11,14H2,1-3H3,(H,23,25). The molecule has 2 aromatic carbocycles. The summed E-state index contributed by atoms with van der Waals surface area (Å²) in [7, 11) is 0. The fourth-order valence-corrected chi connectivity index (χ4v) is 3.15. The number of nitrogens with one attached hydrogen (secondary N) is 2. The Morgan fingerprint density at radius 3 is 2.65 bits per heavy atom. The van der Waals surface area contributed by atoms with Gasteiger partial charge in [0.2, 0.25) is 5.91 Å². The van der Waals surface area contributed by atoms with Crippen LogP contribution in [0.1, 0.15) is 35.2 Å². The highest BCUT2D eigenvalue weighted by Gasteiger charge is 2.10. The number of amides is 1. The molecule has 136 valence electrons. The van der Waals surface area contributed by atoms with E-state index in [9.17, 15) is 4.79 Å². The highest BCUT2D eigenvalue weighted by molar-refractivity contribution is 5.88. The fourth-order valence-electron chi connectivity index (χ4n) is 3.15. The van der Waals surface area contributed by atoms with Crippen molar-refractivity contribution in [2.45, 2.75) is 40.2 Å². The van der Waals surface area contributed by atoms with Crippen molar-refractivity contribution in [3.8, 4) is 5.75 Å². The van der Waals surface area contributed by atoms with Crippen molar-refractivity contribution < 1.29 is 9.53 Å². The van der Waals surface area contributed by atoms with Crippen LogP contribution in [0.2, 0.25) is 0 Å². The lowest BCUT2D eigenvalue weighted by molar-refractivity contribution is -0.121. The number of fused-ring (bicyclic) bond motifs is 1. The molecular weight excluding hydrogens is 324 g/mol. The van der Waals surface area contributed by atoms with E-state index in [-0.39, 0.29) is 5.91 Å². The quantitative estimate of drug-likeness (QED) is 0.613. The molecular formula is C22H26N2O2. The second-order valence-corrected chi connectivity index (χ2v) is 6.76. The number of ether oxygens (including phenoxy) is 1. The molecule has 0 aliphatic rings. The SMILES string of the molecule is Cc1cc(CNC(=O)CCCOc2ccccc2)c2[nH]c(C)c(C)c2c1.